The van der Waals surface area contributed by atoms with Gasteiger partial charge in [0.05, 0.1) is 5.56 Å². The van der Waals surface area contributed by atoms with E-state index in [0.717, 1.165) is 31.9 Å². The second kappa shape index (κ2) is 3.83. The Hall–Kier alpha value is -1.06. The fraction of sp³-hybridized carbons (Fsp3) is 0.545. The highest BCUT2D eigenvalue weighted by atomic mass is 19.4. The first-order valence-corrected chi connectivity index (χ1v) is 5.10. The number of rotatable bonds is 1. The highest BCUT2D eigenvalue weighted by Gasteiger charge is 2.35. The number of hydrogen-bond acceptors (Lipinski definition) is 1. The van der Waals surface area contributed by atoms with Crippen molar-refractivity contribution in [3.05, 3.63) is 29.6 Å². The molecule has 1 heterocycles. The molecule has 1 fully saturated rings. The minimum atomic E-state index is -4.27. The fourth-order valence-corrected chi connectivity index (χ4v) is 2.23. The SMILES string of the molecule is FC(F)(F)c1cnccc1C1CCCC1. The van der Waals surface area contributed by atoms with Crippen LogP contribution in [0.3, 0.4) is 0 Å². The monoisotopic (exact) mass is 215 g/mol. The van der Waals surface area contributed by atoms with Gasteiger partial charge in [0.2, 0.25) is 0 Å². The minimum Gasteiger partial charge on any atom is -0.264 e. The van der Waals surface area contributed by atoms with Crippen molar-refractivity contribution in [2.24, 2.45) is 0 Å². The lowest BCUT2D eigenvalue weighted by atomic mass is 9.94. The third-order valence-electron chi connectivity index (χ3n) is 2.96. The van der Waals surface area contributed by atoms with Gasteiger partial charge in [-0.1, -0.05) is 12.8 Å². The van der Waals surface area contributed by atoms with E-state index in [1.54, 1.807) is 0 Å². The number of alkyl halides is 3. The minimum absolute atomic E-state index is 0.0737. The van der Waals surface area contributed by atoms with Crippen molar-refractivity contribution in [3.63, 3.8) is 0 Å². The average molecular weight is 215 g/mol. The molecule has 1 aromatic rings. The van der Waals surface area contributed by atoms with Crippen LogP contribution in [0.4, 0.5) is 13.2 Å². The summed E-state index contributed by atoms with van der Waals surface area (Å²) in [6.07, 6.45) is 1.91. The zero-order chi connectivity index (χ0) is 10.9. The highest BCUT2D eigenvalue weighted by Crippen LogP contribution is 2.40. The summed E-state index contributed by atoms with van der Waals surface area (Å²) in [6, 6.07) is 1.51. The molecule has 0 bridgehead atoms. The smallest absolute Gasteiger partial charge is 0.264 e. The molecule has 0 radical (unpaired) electrons. The zero-order valence-electron chi connectivity index (χ0n) is 8.22. The van der Waals surface area contributed by atoms with E-state index in [1.165, 1.54) is 12.3 Å². The molecule has 1 saturated carbocycles. The van der Waals surface area contributed by atoms with Gasteiger partial charge in [-0.05, 0) is 30.4 Å². The van der Waals surface area contributed by atoms with Crippen LogP contribution in [0.25, 0.3) is 0 Å². The van der Waals surface area contributed by atoms with Crippen LogP contribution in [0.1, 0.15) is 42.7 Å². The van der Waals surface area contributed by atoms with E-state index < -0.39 is 11.7 Å². The van der Waals surface area contributed by atoms with Crippen LogP contribution in [-0.2, 0) is 6.18 Å². The maximum Gasteiger partial charge on any atom is 0.418 e. The molecular weight excluding hydrogens is 203 g/mol. The number of halogens is 3. The Morgan fingerprint density at radius 1 is 1.20 bits per heavy atom. The van der Waals surface area contributed by atoms with Crippen molar-refractivity contribution >= 4 is 0 Å². The highest BCUT2D eigenvalue weighted by molar-refractivity contribution is 5.30. The molecular formula is C11H12F3N. The van der Waals surface area contributed by atoms with Crippen LogP contribution in [0.5, 0.6) is 0 Å². The summed E-state index contributed by atoms with van der Waals surface area (Å²) in [7, 11) is 0. The molecule has 4 heteroatoms. The first kappa shape index (κ1) is 10.5. The van der Waals surface area contributed by atoms with Crippen LogP contribution in [0, 0.1) is 0 Å². The van der Waals surface area contributed by atoms with Gasteiger partial charge in [0.25, 0.3) is 0 Å². The topological polar surface area (TPSA) is 12.9 Å². The number of hydrogen-bond donors (Lipinski definition) is 0. The van der Waals surface area contributed by atoms with E-state index in [-0.39, 0.29) is 5.92 Å². The summed E-state index contributed by atoms with van der Waals surface area (Å²) in [6.45, 7) is 0. The van der Waals surface area contributed by atoms with E-state index in [2.05, 4.69) is 4.98 Å². The van der Waals surface area contributed by atoms with E-state index in [0.29, 0.717) is 5.56 Å². The lowest BCUT2D eigenvalue weighted by Gasteiger charge is -2.16. The molecule has 0 N–H and O–H groups in total. The van der Waals surface area contributed by atoms with Crippen LogP contribution in [0.2, 0.25) is 0 Å². The van der Waals surface area contributed by atoms with Gasteiger partial charge in [0, 0.05) is 12.4 Å². The number of pyridine rings is 1. The lowest BCUT2D eigenvalue weighted by molar-refractivity contribution is -0.138. The van der Waals surface area contributed by atoms with E-state index in [9.17, 15) is 13.2 Å². The molecule has 1 aromatic heterocycles. The summed E-state index contributed by atoms with van der Waals surface area (Å²) in [5, 5.41) is 0. The summed E-state index contributed by atoms with van der Waals surface area (Å²) in [5.41, 5.74) is -0.132. The molecule has 1 aliphatic rings. The van der Waals surface area contributed by atoms with E-state index >= 15 is 0 Å². The molecule has 0 spiro atoms. The maximum atomic E-state index is 12.7. The Balaban J connectivity index is 2.37. The zero-order valence-corrected chi connectivity index (χ0v) is 8.22. The number of aromatic nitrogens is 1. The molecule has 0 atom stereocenters. The van der Waals surface area contributed by atoms with Crippen molar-refractivity contribution in [1.29, 1.82) is 0 Å². The van der Waals surface area contributed by atoms with Crippen molar-refractivity contribution in [2.75, 3.05) is 0 Å². The predicted octanol–water partition coefficient (Wildman–Crippen LogP) is 3.76. The van der Waals surface area contributed by atoms with Crippen LogP contribution >= 0.6 is 0 Å². The largest absolute Gasteiger partial charge is 0.418 e. The van der Waals surface area contributed by atoms with Crippen LogP contribution < -0.4 is 0 Å². The molecule has 82 valence electrons. The second-order valence-corrected chi connectivity index (χ2v) is 3.94. The number of nitrogens with zero attached hydrogens (tertiary/aromatic N) is 1. The molecule has 1 aliphatic carbocycles. The molecule has 0 aliphatic heterocycles. The quantitative estimate of drug-likeness (QED) is 0.695. The molecule has 0 aromatic carbocycles. The molecule has 0 saturated heterocycles. The third-order valence-corrected chi connectivity index (χ3v) is 2.96. The molecule has 0 amide bonds. The van der Waals surface area contributed by atoms with Gasteiger partial charge >= 0.3 is 6.18 Å². The standard InChI is InChI=1S/C11H12F3N/c12-11(13,14)10-7-15-6-5-9(10)8-3-1-2-4-8/h5-8H,1-4H2. The lowest BCUT2D eigenvalue weighted by Crippen LogP contribution is -2.11. The van der Waals surface area contributed by atoms with E-state index in [4.69, 9.17) is 0 Å². The normalized spacial score (nSPS) is 18.3. The average Bonchev–Trinajstić information content (AvgIpc) is 2.69. The fourth-order valence-electron chi connectivity index (χ4n) is 2.23. The van der Waals surface area contributed by atoms with Crippen molar-refractivity contribution < 1.29 is 13.2 Å². The van der Waals surface area contributed by atoms with Crippen molar-refractivity contribution in [3.8, 4) is 0 Å². The first-order valence-electron chi connectivity index (χ1n) is 5.10. The molecule has 15 heavy (non-hydrogen) atoms. The maximum absolute atomic E-state index is 12.7. The van der Waals surface area contributed by atoms with Gasteiger partial charge in [-0.2, -0.15) is 13.2 Å². The Morgan fingerprint density at radius 3 is 2.47 bits per heavy atom. The Kier molecular flexibility index (Phi) is 2.67. The first-order chi connectivity index (χ1) is 7.09. The molecule has 0 unspecified atom stereocenters. The Labute approximate surface area is 86.3 Å². The Morgan fingerprint density at radius 2 is 1.87 bits per heavy atom. The van der Waals surface area contributed by atoms with Crippen molar-refractivity contribution in [2.45, 2.75) is 37.8 Å². The van der Waals surface area contributed by atoms with Crippen LogP contribution in [-0.4, -0.2) is 4.98 Å². The molecule has 2 rings (SSSR count). The predicted molar refractivity (Wildman–Crippen MR) is 50.4 cm³/mol. The van der Waals surface area contributed by atoms with Gasteiger partial charge in [0.1, 0.15) is 0 Å². The van der Waals surface area contributed by atoms with Gasteiger partial charge in [-0.25, -0.2) is 0 Å². The van der Waals surface area contributed by atoms with Gasteiger partial charge in [-0.3, -0.25) is 4.98 Å². The van der Waals surface area contributed by atoms with Gasteiger partial charge in [-0.15, -0.1) is 0 Å². The summed E-state index contributed by atoms with van der Waals surface area (Å²) < 4.78 is 38.0. The van der Waals surface area contributed by atoms with Gasteiger partial charge in [0.15, 0.2) is 0 Å². The second-order valence-electron chi connectivity index (χ2n) is 3.94. The van der Waals surface area contributed by atoms with Crippen molar-refractivity contribution in [1.82, 2.24) is 4.98 Å². The van der Waals surface area contributed by atoms with Gasteiger partial charge < -0.3 is 0 Å². The Bertz CT molecular complexity index is 340. The molecule has 1 nitrogen and oxygen atoms in total. The summed E-state index contributed by atoms with van der Waals surface area (Å²) >= 11 is 0. The van der Waals surface area contributed by atoms with E-state index in [1.807, 2.05) is 0 Å². The third kappa shape index (κ3) is 2.13. The summed E-state index contributed by atoms with van der Waals surface area (Å²) in [5.74, 6) is 0.0737. The summed E-state index contributed by atoms with van der Waals surface area (Å²) in [4.78, 5) is 3.56. The van der Waals surface area contributed by atoms with Crippen LogP contribution in [0.15, 0.2) is 18.5 Å².